The molecule has 0 fully saturated rings. The van der Waals surface area contributed by atoms with Crippen LogP contribution in [0.1, 0.15) is 19.5 Å². The van der Waals surface area contributed by atoms with Crippen LogP contribution in [0.4, 0.5) is 0 Å². The van der Waals surface area contributed by atoms with Crippen LogP contribution in [0.5, 0.6) is 5.75 Å². The first-order valence-corrected chi connectivity index (χ1v) is 8.58. The lowest BCUT2D eigenvalue weighted by atomic mass is 10.2. The van der Waals surface area contributed by atoms with E-state index in [1.165, 1.54) is 0 Å². The van der Waals surface area contributed by atoms with Crippen molar-refractivity contribution in [3.05, 3.63) is 48.7 Å². The Balaban J connectivity index is 1.55. The van der Waals surface area contributed by atoms with E-state index in [-0.39, 0.29) is 12.5 Å². The summed E-state index contributed by atoms with van der Waals surface area (Å²) < 4.78 is 7.96. The topological polar surface area (TPSA) is 71.9 Å². The predicted molar refractivity (Wildman–Crippen MR) is 97.6 cm³/mol. The lowest BCUT2D eigenvalue weighted by Crippen LogP contribution is -2.30. The second kappa shape index (κ2) is 7.88. The second-order valence-electron chi connectivity index (χ2n) is 6.52. The number of nitrogens with zero attached hydrogens (tertiary/aromatic N) is 2. The number of amides is 1. The van der Waals surface area contributed by atoms with Crippen molar-refractivity contribution < 1.29 is 9.53 Å². The van der Waals surface area contributed by atoms with Crippen molar-refractivity contribution in [1.29, 1.82) is 0 Å². The van der Waals surface area contributed by atoms with Gasteiger partial charge in [0.15, 0.2) is 6.61 Å². The van der Waals surface area contributed by atoms with Gasteiger partial charge in [-0.05, 0) is 24.1 Å². The standard InChI is InChI=1S/C19H24N4O2/c1-14(2)11-23-9-7-16-17(23)4-3-5-18(16)25-12-19(24)21-8-6-15-10-20-13-22-15/h3-5,7,9-10,13-14H,6,8,11-12H2,1-2H3,(H,20,22)(H,21,24). The van der Waals surface area contributed by atoms with Gasteiger partial charge in [0.25, 0.3) is 5.91 Å². The largest absolute Gasteiger partial charge is 0.483 e. The fourth-order valence-corrected chi connectivity index (χ4v) is 2.83. The number of carbonyl (C=O) groups is 1. The van der Waals surface area contributed by atoms with E-state index in [2.05, 4.69) is 46.0 Å². The molecule has 1 amide bonds. The molecule has 6 heteroatoms. The van der Waals surface area contributed by atoms with E-state index in [9.17, 15) is 4.79 Å². The summed E-state index contributed by atoms with van der Waals surface area (Å²) in [5.41, 5.74) is 2.13. The minimum absolute atomic E-state index is 0.0114. The van der Waals surface area contributed by atoms with E-state index in [1.807, 2.05) is 18.2 Å². The quantitative estimate of drug-likeness (QED) is 0.662. The molecule has 0 aliphatic heterocycles. The van der Waals surface area contributed by atoms with Crippen LogP contribution in [0.2, 0.25) is 0 Å². The van der Waals surface area contributed by atoms with Crippen molar-refractivity contribution in [2.24, 2.45) is 5.92 Å². The van der Waals surface area contributed by atoms with E-state index in [1.54, 1.807) is 12.5 Å². The smallest absolute Gasteiger partial charge is 0.257 e. The van der Waals surface area contributed by atoms with E-state index in [0.29, 0.717) is 12.5 Å². The van der Waals surface area contributed by atoms with Gasteiger partial charge in [-0.2, -0.15) is 0 Å². The Kier molecular flexibility index (Phi) is 5.38. The molecule has 0 saturated heterocycles. The Morgan fingerprint density at radius 3 is 3.00 bits per heavy atom. The van der Waals surface area contributed by atoms with Gasteiger partial charge in [-0.3, -0.25) is 4.79 Å². The zero-order chi connectivity index (χ0) is 17.6. The third-order valence-corrected chi connectivity index (χ3v) is 3.97. The zero-order valence-corrected chi connectivity index (χ0v) is 14.7. The van der Waals surface area contributed by atoms with Crippen molar-refractivity contribution >= 4 is 16.8 Å². The Labute approximate surface area is 147 Å². The summed E-state index contributed by atoms with van der Waals surface area (Å²) in [6.07, 6.45) is 6.18. The molecular weight excluding hydrogens is 316 g/mol. The maximum absolute atomic E-state index is 12.0. The van der Waals surface area contributed by atoms with Crippen LogP contribution >= 0.6 is 0 Å². The highest BCUT2D eigenvalue weighted by atomic mass is 16.5. The summed E-state index contributed by atoms with van der Waals surface area (Å²) >= 11 is 0. The molecule has 0 radical (unpaired) electrons. The molecular formula is C19H24N4O2. The number of ether oxygens (including phenoxy) is 1. The van der Waals surface area contributed by atoms with Gasteiger partial charge >= 0.3 is 0 Å². The highest BCUT2D eigenvalue weighted by molar-refractivity contribution is 5.87. The summed E-state index contributed by atoms with van der Waals surface area (Å²) in [6, 6.07) is 7.99. The van der Waals surface area contributed by atoms with E-state index in [4.69, 9.17) is 4.74 Å². The summed E-state index contributed by atoms with van der Waals surface area (Å²) in [6.45, 7) is 5.91. The highest BCUT2D eigenvalue weighted by Gasteiger charge is 2.09. The third-order valence-electron chi connectivity index (χ3n) is 3.97. The molecule has 3 rings (SSSR count). The van der Waals surface area contributed by atoms with Crippen LogP contribution in [-0.2, 0) is 17.8 Å². The number of carbonyl (C=O) groups excluding carboxylic acids is 1. The molecule has 6 nitrogen and oxygen atoms in total. The first-order chi connectivity index (χ1) is 12.1. The number of hydrogen-bond acceptors (Lipinski definition) is 3. The zero-order valence-electron chi connectivity index (χ0n) is 14.7. The number of hydrogen-bond donors (Lipinski definition) is 2. The summed E-state index contributed by atoms with van der Waals surface area (Å²) in [4.78, 5) is 18.9. The van der Waals surface area contributed by atoms with Crippen molar-refractivity contribution in [3.8, 4) is 5.75 Å². The number of fused-ring (bicyclic) bond motifs is 1. The molecule has 0 bridgehead atoms. The Morgan fingerprint density at radius 1 is 1.36 bits per heavy atom. The number of imidazole rings is 1. The average Bonchev–Trinajstić information content (AvgIpc) is 3.23. The first kappa shape index (κ1) is 17.1. The van der Waals surface area contributed by atoms with Gasteiger partial charge < -0.3 is 19.6 Å². The SMILES string of the molecule is CC(C)Cn1ccc2c(OCC(=O)NCCc3cnc[nH]3)cccc21. The van der Waals surface area contributed by atoms with Crippen LogP contribution in [0.25, 0.3) is 10.9 Å². The number of aromatic nitrogens is 3. The summed E-state index contributed by atoms with van der Waals surface area (Å²) in [5, 5.41) is 3.89. The van der Waals surface area contributed by atoms with Gasteiger partial charge in [0, 0.05) is 43.0 Å². The Bertz CT molecular complexity index is 821. The van der Waals surface area contributed by atoms with E-state index < -0.39 is 0 Å². The van der Waals surface area contributed by atoms with Crippen molar-refractivity contribution in [1.82, 2.24) is 19.9 Å². The van der Waals surface area contributed by atoms with Gasteiger partial charge in [0.05, 0.1) is 11.8 Å². The maximum Gasteiger partial charge on any atom is 0.257 e. The molecule has 0 atom stereocenters. The lowest BCUT2D eigenvalue weighted by Gasteiger charge is -2.10. The molecule has 0 spiro atoms. The molecule has 2 N–H and O–H groups in total. The van der Waals surface area contributed by atoms with Crippen LogP contribution < -0.4 is 10.1 Å². The monoisotopic (exact) mass is 340 g/mol. The highest BCUT2D eigenvalue weighted by Crippen LogP contribution is 2.27. The van der Waals surface area contributed by atoms with Crippen molar-refractivity contribution in [3.63, 3.8) is 0 Å². The predicted octanol–water partition coefficient (Wildman–Crippen LogP) is 2.76. The molecule has 3 aromatic rings. The second-order valence-corrected chi connectivity index (χ2v) is 6.52. The molecule has 0 unspecified atom stereocenters. The van der Waals surface area contributed by atoms with Gasteiger partial charge in [0.1, 0.15) is 5.75 Å². The van der Waals surface area contributed by atoms with Gasteiger partial charge in [-0.15, -0.1) is 0 Å². The van der Waals surface area contributed by atoms with Gasteiger partial charge in [-0.25, -0.2) is 4.98 Å². The van der Waals surface area contributed by atoms with Gasteiger partial charge in [-0.1, -0.05) is 19.9 Å². The fourth-order valence-electron chi connectivity index (χ4n) is 2.83. The molecule has 132 valence electrons. The van der Waals surface area contributed by atoms with Crippen molar-refractivity contribution in [2.75, 3.05) is 13.2 Å². The summed E-state index contributed by atoms with van der Waals surface area (Å²) in [5.74, 6) is 1.18. The number of benzene rings is 1. The third kappa shape index (κ3) is 4.41. The minimum atomic E-state index is -0.127. The number of H-pyrrole nitrogens is 1. The van der Waals surface area contributed by atoms with Crippen LogP contribution in [0.15, 0.2) is 43.0 Å². The molecule has 0 aliphatic rings. The maximum atomic E-state index is 12.0. The lowest BCUT2D eigenvalue weighted by molar-refractivity contribution is -0.123. The minimum Gasteiger partial charge on any atom is -0.483 e. The molecule has 0 saturated carbocycles. The van der Waals surface area contributed by atoms with E-state index in [0.717, 1.165) is 35.3 Å². The normalized spacial score (nSPS) is 11.2. The molecule has 1 aromatic carbocycles. The number of aromatic amines is 1. The number of rotatable bonds is 8. The van der Waals surface area contributed by atoms with Crippen LogP contribution in [0.3, 0.4) is 0 Å². The molecule has 25 heavy (non-hydrogen) atoms. The van der Waals surface area contributed by atoms with Gasteiger partial charge in [0.2, 0.25) is 0 Å². The van der Waals surface area contributed by atoms with E-state index >= 15 is 0 Å². The molecule has 2 aromatic heterocycles. The fraction of sp³-hybridized carbons (Fsp3) is 0.368. The Morgan fingerprint density at radius 2 is 2.24 bits per heavy atom. The van der Waals surface area contributed by atoms with Crippen LogP contribution in [-0.4, -0.2) is 33.6 Å². The first-order valence-electron chi connectivity index (χ1n) is 8.58. The summed E-state index contributed by atoms with van der Waals surface area (Å²) in [7, 11) is 0. The van der Waals surface area contributed by atoms with Crippen LogP contribution in [0, 0.1) is 5.92 Å². The molecule has 2 heterocycles. The number of nitrogens with one attached hydrogen (secondary N) is 2. The average molecular weight is 340 g/mol. The molecule has 0 aliphatic carbocycles. The van der Waals surface area contributed by atoms with Crippen molar-refractivity contribution in [2.45, 2.75) is 26.8 Å². The Hall–Kier alpha value is -2.76.